The lowest BCUT2D eigenvalue weighted by Crippen LogP contribution is -2.43. The number of aliphatic hydroxyl groups is 1. The maximum absolute atomic E-state index is 9.92. The summed E-state index contributed by atoms with van der Waals surface area (Å²) in [5.74, 6) is 1.49. The number of piperazine rings is 1. The van der Waals surface area contributed by atoms with Crippen molar-refractivity contribution in [2.75, 3.05) is 43.9 Å². The van der Waals surface area contributed by atoms with E-state index in [-0.39, 0.29) is 6.10 Å². The van der Waals surface area contributed by atoms with E-state index in [4.69, 9.17) is 9.97 Å². The fraction of sp³-hybridized carbons (Fsp3) is 0.667. The Labute approximate surface area is 210 Å². The van der Waals surface area contributed by atoms with E-state index in [0.717, 1.165) is 94.7 Å². The summed E-state index contributed by atoms with van der Waals surface area (Å²) in [6.07, 6.45) is 10.5. The smallest absolute Gasteiger partial charge is 0.224 e. The lowest BCUT2D eigenvalue weighted by Gasteiger charge is -2.32. The molecule has 0 aromatic carbocycles. The number of aliphatic hydroxyl groups excluding tert-OH is 1. The van der Waals surface area contributed by atoms with Crippen molar-refractivity contribution in [2.24, 2.45) is 0 Å². The summed E-state index contributed by atoms with van der Waals surface area (Å²) in [7, 11) is 2.18. The highest BCUT2D eigenvalue weighted by molar-refractivity contribution is 5.73. The van der Waals surface area contributed by atoms with Crippen LogP contribution in [0.5, 0.6) is 0 Å². The van der Waals surface area contributed by atoms with Gasteiger partial charge in [-0.3, -0.25) is 9.88 Å². The number of nitrogens with zero attached hydrogens (tertiary/aromatic N) is 5. The molecule has 3 heterocycles. The van der Waals surface area contributed by atoms with Crippen LogP contribution >= 0.6 is 0 Å². The van der Waals surface area contributed by atoms with Crippen molar-refractivity contribution in [3.8, 4) is 11.3 Å². The number of nitrogens with one attached hydrogen (secondary N) is 2. The molecule has 2 fully saturated rings. The summed E-state index contributed by atoms with van der Waals surface area (Å²) in [4.78, 5) is 19.2. The van der Waals surface area contributed by atoms with Crippen LogP contribution < -0.4 is 10.6 Å². The van der Waals surface area contributed by atoms with Crippen LogP contribution in [-0.2, 0) is 6.54 Å². The number of hydrogen-bond donors (Lipinski definition) is 3. The first-order chi connectivity index (χ1) is 17.0. The van der Waals surface area contributed by atoms with Gasteiger partial charge in [-0.1, -0.05) is 26.3 Å². The summed E-state index contributed by atoms with van der Waals surface area (Å²) in [6.45, 7) is 9.77. The third-order valence-electron chi connectivity index (χ3n) is 7.39. The van der Waals surface area contributed by atoms with E-state index in [9.17, 15) is 5.11 Å². The predicted octanol–water partition coefficient (Wildman–Crippen LogP) is 3.99. The van der Waals surface area contributed by atoms with Crippen LogP contribution in [0, 0.1) is 0 Å². The van der Waals surface area contributed by atoms with E-state index in [1.54, 1.807) is 0 Å². The summed E-state index contributed by atoms with van der Waals surface area (Å²) in [5.41, 5.74) is 3.05. The molecule has 0 unspecified atom stereocenters. The van der Waals surface area contributed by atoms with E-state index >= 15 is 0 Å². The Balaban J connectivity index is 1.51. The highest BCUT2D eigenvalue weighted by atomic mass is 16.3. The Bertz CT molecular complexity index is 906. The fourth-order valence-corrected chi connectivity index (χ4v) is 5.01. The second-order valence-electron chi connectivity index (χ2n) is 10.3. The first kappa shape index (κ1) is 25.8. The number of likely N-dealkylation sites (N-methyl/N-ethyl adjacent to an activating group) is 1. The standard InChI is InChI=1S/C27H43N7O/c1-4-6-21(5-2)31-27-29-18-24(26(32-27)30-22-8-10-23(35)11-9-22)25-12-7-20(17-28-25)19-34-15-13-33(3)14-16-34/h7,12,17-18,21-23,35H,4-6,8-11,13-16,19H2,1-3H3,(H2,29,30,31,32)/t21-,22-,23-/m0/s1. The second-order valence-corrected chi connectivity index (χ2v) is 10.3. The summed E-state index contributed by atoms with van der Waals surface area (Å²) in [5, 5.41) is 17.1. The molecule has 4 rings (SSSR count). The maximum atomic E-state index is 9.92. The molecular weight excluding hydrogens is 438 g/mol. The zero-order valence-electron chi connectivity index (χ0n) is 21.7. The number of pyridine rings is 1. The third kappa shape index (κ3) is 7.35. The van der Waals surface area contributed by atoms with E-state index in [1.165, 1.54) is 5.56 Å². The van der Waals surface area contributed by atoms with Crippen LogP contribution in [0.25, 0.3) is 11.3 Å². The fourth-order valence-electron chi connectivity index (χ4n) is 5.01. The quantitative estimate of drug-likeness (QED) is 0.469. The van der Waals surface area contributed by atoms with Gasteiger partial charge in [-0.25, -0.2) is 4.98 Å². The molecule has 1 saturated carbocycles. The minimum atomic E-state index is -0.177. The zero-order chi connectivity index (χ0) is 24.6. The normalized spacial score (nSPS) is 22.6. The molecule has 0 radical (unpaired) electrons. The van der Waals surface area contributed by atoms with Crippen LogP contribution in [0.3, 0.4) is 0 Å². The van der Waals surface area contributed by atoms with Gasteiger partial charge >= 0.3 is 0 Å². The molecule has 192 valence electrons. The lowest BCUT2D eigenvalue weighted by atomic mass is 9.93. The Morgan fingerprint density at radius 3 is 2.46 bits per heavy atom. The zero-order valence-corrected chi connectivity index (χ0v) is 21.7. The molecule has 1 aliphatic heterocycles. The molecule has 1 saturated heterocycles. The molecule has 8 nitrogen and oxygen atoms in total. The van der Waals surface area contributed by atoms with Gasteiger partial charge in [-0.15, -0.1) is 0 Å². The van der Waals surface area contributed by atoms with E-state index in [1.807, 2.05) is 12.4 Å². The molecule has 35 heavy (non-hydrogen) atoms. The molecule has 2 aromatic rings. The Morgan fingerprint density at radius 2 is 1.80 bits per heavy atom. The van der Waals surface area contributed by atoms with Crippen molar-refractivity contribution < 1.29 is 5.11 Å². The summed E-state index contributed by atoms with van der Waals surface area (Å²) >= 11 is 0. The van der Waals surface area contributed by atoms with Crippen LogP contribution in [0.4, 0.5) is 11.8 Å². The Morgan fingerprint density at radius 1 is 1.03 bits per heavy atom. The van der Waals surface area contributed by atoms with Gasteiger partial charge in [0.15, 0.2) is 0 Å². The highest BCUT2D eigenvalue weighted by Gasteiger charge is 2.22. The average molecular weight is 482 g/mol. The minimum absolute atomic E-state index is 0.177. The molecule has 0 bridgehead atoms. The molecule has 2 aromatic heterocycles. The first-order valence-electron chi connectivity index (χ1n) is 13.5. The molecule has 1 atom stereocenters. The molecule has 8 heteroatoms. The monoisotopic (exact) mass is 481 g/mol. The SMILES string of the molecule is CCC[C@H](CC)Nc1ncc(-c2ccc(CN3CCN(C)CC3)cn2)c(N[C@H]2CC[C@H](O)CC2)n1. The molecule has 0 amide bonds. The number of hydrogen-bond acceptors (Lipinski definition) is 8. The van der Waals surface area contributed by atoms with Gasteiger partial charge in [0.1, 0.15) is 5.82 Å². The Hall–Kier alpha value is -2.29. The van der Waals surface area contributed by atoms with Crippen LogP contribution in [0.2, 0.25) is 0 Å². The Kier molecular flexibility index (Phi) is 9.29. The minimum Gasteiger partial charge on any atom is -0.393 e. The molecule has 2 aliphatic rings. The number of rotatable bonds is 10. The van der Waals surface area contributed by atoms with Crippen molar-refractivity contribution in [1.82, 2.24) is 24.8 Å². The molecular formula is C27H43N7O. The van der Waals surface area contributed by atoms with Crippen LogP contribution in [0.1, 0.15) is 64.4 Å². The van der Waals surface area contributed by atoms with Crippen molar-refractivity contribution >= 4 is 11.8 Å². The maximum Gasteiger partial charge on any atom is 0.224 e. The highest BCUT2D eigenvalue weighted by Crippen LogP contribution is 2.29. The topological polar surface area (TPSA) is 89.4 Å². The number of anilines is 2. The van der Waals surface area contributed by atoms with Crippen molar-refractivity contribution in [1.29, 1.82) is 0 Å². The van der Waals surface area contributed by atoms with Crippen molar-refractivity contribution in [3.63, 3.8) is 0 Å². The van der Waals surface area contributed by atoms with Crippen molar-refractivity contribution in [3.05, 3.63) is 30.1 Å². The summed E-state index contributed by atoms with van der Waals surface area (Å²) < 4.78 is 0. The van der Waals surface area contributed by atoms with Gasteiger partial charge in [0.2, 0.25) is 5.95 Å². The van der Waals surface area contributed by atoms with Gasteiger partial charge in [0.05, 0.1) is 17.4 Å². The lowest BCUT2D eigenvalue weighted by molar-refractivity contribution is 0.126. The van der Waals surface area contributed by atoms with E-state index in [0.29, 0.717) is 18.0 Å². The molecule has 0 spiro atoms. The van der Waals surface area contributed by atoms with Gasteiger partial charge in [-0.05, 0) is 57.2 Å². The molecule has 1 aliphatic carbocycles. The largest absolute Gasteiger partial charge is 0.393 e. The van der Waals surface area contributed by atoms with Gasteiger partial charge in [0.25, 0.3) is 0 Å². The van der Waals surface area contributed by atoms with Gasteiger partial charge in [0, 0.05) is 57.2 Å². The van der Waals surface area contributed by atoms with Crippen molar-refractivity contribution in [2.45, 2.75) is 83.5 Å². The second kappa shape index (κ2) is 12.6. The van der Waals surface area contributed by atoms with Crippen LogP contribution in [-0.4, -0.2) is 81.3 Å². The predicted molar refractivity (Wildman–Crippen MR) is 143 cm³/mol. The summed E-state index contributed by atoms with van der Waals surface area (Å²) in [6, 6.07) is 4.95. The average Bonchev–Trinajstić information content (AvgIpc) is 2.87. The van der Waals surface area contributed by atoms with Gasteiger partial charge < -0.3 is 20.6 Å². The number of aromatic nitrogens is 3. The van der Waals surface area contributed by atoms with E-state index in [2.05, 4.69) is 58.4 Å². The molecule has 3 N–H and O–H groups in total. The first-order valence-corrected chi connectivity index (χ1v) is 13.5. The van der Waals surface area contributed by atoms with Crippen LogP contribution in [0.15, 0.2) is 24.5 Å². The van der Waals surface area contributed by atoms with E-state index < -0.39 is 0 Å². The van der Waals surface area contributed by atoms with Gasteiger partial charge in [-0.2, -0.15) is 4.98 Å². The third-order valence-corrected chi connectivity index (χ3v) is 7.39.